The first kappa shape index (κ1) is 12.1. The molecule has 0 rings (SSSR count). The third-order valence-electron chi connectivity index (χ3n) is 1.62. The molecule has 0 heterocycles. The second kappa shape index (κ2) is 9.15. The average molecular weight is 182 g/mol. The van der Waals surface area contributed by atoms with Crippen LogP contribution in [0.25, 0.3) is 0 Å². The second-order valence-corrected chi connectivity index (χ2v) is 2.84. The fraction of sp³-hybridized carbons (Fsp3) is 0.636. The van der Waals surface area contributed by atoms with Crippen LogP contribution in [0.2, 0.25) is 0 Å². The quantitative estimate of drug-likeness (QED) is 0.401. The summed E-state index contributed by atoms with van der Waals surface area (Å²) in [5.74, 6) is 5.42. The van der Waals surface area contributed by atoms with Crippen LogP contribution in [0, 0.1) is 11.8 Å². The summed E-state index contributed by atoms with van der Waals surface area (Å²) in [6, 6.07) is 0. The number of hydrogen-bond acceptors (Lipinski definition) is 2. The van der Waals surface area contributed by atoms with Gasteiger partial charge < -0.3 is 9.84 Å². The number of hydrogen-bond donors (Lipinski definition) is 1. The number of aliphatic hydroxyl groups is 1. The fourth-order valence-corrected chi connectivity index (χ4v) is 0.906. The second-order valence-electron chi connectivity index (χ2n) is 2.84. The highest BCUT2D eigenvalue weighted by atomic mass is 16.5. The van der Waals surface area contributed by atoms with E-state index >= 15 is 0 Å². The van der Waals surface area contributed by atoms with E-state index in [4.69, 9.17) is 0 Å². The maximum Gasteiger partial charge on any atom is 0.115 e. The number of rotatable bonds is 5. The molecule has 0 saturated heterocycles. The van der Waals surface area contributed by atoms with Crippen molar-refractivity contribution >= 4 is 0 Å². The van der Waals surface area contributed by atoms with E-state index in [0.717, 1.165) is 19.3 Å². The van der Waals surface area contributed by atoms with Gasteiger partial charge in [-0.15, -0.1) is 0 Å². The lowest BCUT2D eigenvalue weighted by atomic mass is 10.1. The van der Waals surface area contributed by atoms with Crippen molar-refractivity contribution in [3.63, 3.8) is 0 Å². The van der Waals surface area contributed by atoms with Gasteiger partial charge in [0.1, 0.15) is 6.10 Å². The number of ether oxygens (including phenoxy) is 1. The van der Waals surface area contributed by atoms with Crippen LogP contribution in [0.1, 0.15) is 32.6 Å². The largest absolute Gasteiger partial charge is 0.504 e. The maximum atomic E-state index is 9.33. The van der Waals surface area contributed by atoms with Crippen LogP contribution < -0.4 is 0 Å². The molecule has 0 aromatic heterocycles. The molecule has 2 heteroatoms. The molecular formula is C11H18O2. The lowest BCUT2D eigenvalue weighted by Gasteiger charge is -2.00. The van der Waals surface area contributed by atoms with Crippen molar-refractivity contribution in [2.24, 2.45) is 0 Å². The lowest BCUT2D eigenvalue weighted by Crippen LogP contribution is -2.01. The van der Waals surface area contributed by atoms with Gasteiger partial charge in [0.2, 0.25) is 0 Å². The Hall–Kier alpha value is -0.940. The van der Waals surface area contributed by atoms with Gasteiger partial charge in [-0.2, -0.15) is 0 Å². The van der Waals surface area contributed by atoms with Gasteiger partial charge in [0.25, 0.3) is 0 Å². The Morgan fingerprint density at radius 3 is 2.85 bits per heavy atom. The molecule has 1 atom stereocenters. The van der Waals surface area contributed by atoms with E-state index < -0.39 is 6.10 Å². The first-order valence-electron chi connectivity index (χ1n) is 4.68. The average Bonchev–Trinajstić information content (AvgIpc) is 2.13. The Labute approximate surface area is 80.6 Å². The minimum Gasteiger partial charge on any atom is -0.504 e. The summed E-state index contributed by atoms with van der Waals surface area (Å²) in [4.78, 5) is 0. The molecular weight excluding hydrogens is 164 g/mol. The highest BCUT2D eigenvalue weighted by Gasteiger charge is 1.96. The van der Waals surface area contributed by atoms with Crippen LogP contribution >= 0.6 is 0 Å². The molecule has 1 unspecified atom stereocenters. The Morgan fingerprint density at radius 2 is 2.23 bits per heavy atom. The Balaban J connectivity index is 3.51. The molecule has 0 fully saturated rings. The SMILES string of the molecule is CCCCCC(O)C#C/C=C/OC. The maximum absolute atomic E-state index is 9.33. The van der Waals surface area contributed by atoms with Gasteiger partial charge in [0, 0.05) is 6.08 Å². The monoisotopic (exact) mass is 182 g/mol. The Morgan fingerprint density at radius 1 is 1.46 bits per heavy atom. The van der Waals surface area contributed by atoms with Crippen molar-refractivity contribution in [1.29, 1.82) is 0 Å². The molecule has 0 aromatic rings. The minimum absolute atomic E-state index is 0.493. The van der Waals surface area contributed by atoms with Crippen molar-refractivity contribution in [2.45, 2.75) is 38.7 Å². The molecule has 0 aliphatic heterocycles. The molecule has 0 aliphatic carbocycles. The first-order valence-corrected chi connectivity index (χ1v) is 4.68. The summed E-state index contributed by atoms with van der Waals surface area (Å²) in [6.45, 7) is 2.14. The van der Waals surface area contributed by atoms with Gasteiger partial charge in [0.05, 0.1) is 13.4 Å². The van der Waals surface area contributed by atoms with Crippen molar-refractivity contribution in [2.75, 3.05) is 7.11 Å². The van der Waals surface area contributed by atoms with Crippen molar-refractivity contribution < 1.29 is 9.84 Å². The van der Waals surface area contributed by atoms with Crippen molar-refractivity contribution in [3.8, 4) is 11.8 Å². The molecule has 0 spiro atoms. The molecule has 0 aliphatic rings. The molecule has 0 amide bonds. The summed E-state index contributed by atoms with van der Waals surface area (Å²) >= 11 is 0. The topological polar surface area (TPSA) is 29.5 Å². The molecule has 13 heavy (non-hydrogen) atoms. The predicted molar refractivity (Wildman–Crippen MR) is 54.1 cm³/mol. The lowest BCUT2D eigenvalue weighted by molar-refractivity contribution is 0.217. The molecule has 1 N–H and O–H groups in total. The number of unbranched alkanes of at least 4 members (excludes halogenated alkanes) is 2. The summed E-state index contributed by atoms with van der Waals surface area (Å²) in [7, 11) is 1.57. The summed E-state index contributed by atoms with van der Waals surface area (Å²) < 4.78 is 4.66. The Kier molecular flexibility index (Phi) is 8.49. The van der Waals surface area contributed by atoms with E-state index in [1.54, 1.807) is 13.2 Å². The van der Waals surface area contributed by atoms with E-state index in [1.165, 1.54) is 12.7 Å². The third-order valence-corrected chi connectivity index (χ3v) is 1.62. The van der Waals surface area contributed by atoms with Gasteiger partial charge in [-0.3, -0.25) is 0 Å². The zero-order valence-corrected chi connectivity index (χ0v) is 8.42. The van der Waals surface area contributed by atoms with Crippen LogP contribution in [-0.2, 0) is 4.74 Å². The molecule has 0 radical (unpaired) electrons. The molecule has 0 bridgehead atoms. The number of aliphatic hydroxyl groups excluding tert-OH is 1. The summed E-state index contributed by atoms with van der Waals surface area (Å²) in [5.41, 5.74) is 0. The van der Waals surface area contributed by atoms with Crippen molar-refractivity contribution in [3.05, 3.63) is 12.3 Å². The van der Waals surface area contributed by atoms with E-state index in [-0.39, 0.29) is 0 Å². The van der Waals surface area contributed by atoms with E-state index in [0.29, 0.717) is 0 Å². The van der Waals surface area contributed by atoms with Crippen LogP contribution in [0.3, 0.4) is 0 Å². The van der Waals surface area contributed by atoms with Gasteiger partial charge in [-0.05, 0) is 12.8 Å². The van der Waals surface area contributed by atoms with Gasteiger partial charge in [0.15, 0.2) is 0 Å². The molecule has 0 saturated carbocycles. The highest BCUT2D eigenvalue weighted by molar-refractivity contribution is 5.16. The zero-order valence-electron chi connectivity index (χ0n) is 8.42. The van der Waals surface area contributed by atoms with Crippen LogP contribution in [0.15, 0.2) is 12.3 Å². The van der Waals surface area contributed by atoms with Crippen molar-refractivity contribution in [1.82, 2.24) is 0 Å². The van der Waals surface area contributed by atoms with Crippen LogP contribution in [0.5, 0.6) is 0 Å². The van der Waals surface area contributed by atoms with Gasteiger partial charge in [-0.1, -0.05) is 31.6 Å². The van der Waals surface area contributed by atoms with Crippen LogP contribution in [0.4, 0.5) is 0 Å². The van der Waals surface area contributed by atoms with Crippen LogP contribution in [-0.4, -0.2) is 18.3 Å². The summed E-state index contributed by atoms with van der Waals surface area (Å²) in [5, 5.41) is 9.33. The molecule has 2 nitrogen and oxygen atoms in total. The standard InChI is InChI=1S/C11H18O2/c1-3-4-5-8-11(12)9-6-7-10-13-2/h7,10-12H,3-5,8H2,1-2H3/b10-7+. The predicted octanol–water partition coefficient (Wildman–Crippen LogP) is 2.09. The smallest absolute Gasteiger partial charge is 0.115 e. The van der Waals surface area contributed by atoms with Gasteiger partial charge in [-0.25, -0.2) is 0 Å². The zero-order chi connectivity index (χ0) is 9.94. The van der Waals surface area contributed by atoms with Gasteiger partial charge >= 0.3 is 0 Å². The molecule has 74 valence electrons. The molecule has 0 aromatic carbocycles. The van der Waals surface area contributed by atoms with E-state index in [9.17, 15) is 5.11 Å². The van der Waals surface area contributed by atoms with E-state index in [1.807, 2.05) is 0 Å². The third kappa shape index (κ3) is 8.97. The first-order chi connectivity index (χ1) is 6.31. The van der Waals surface area contributed by atoms with E-state index in [2.05, 4.69) is 23.5 Å². The fourth-order valence-electron chi connectivity index (χ4n) is 0.906. The number of allylic oxidation sites excluding steroid dienone is 1. The Bertz CT molecular complexity index is 186. The highest BCUT2D eigenvalue weighted by Crippen LogP contribution is 2.01. The summed E-state index contributed by atoms with van der Waals surface area (Å²) in [6.07, 6.45) is 6.72. The normalized spacial score (nSPS) is 12.2. The minimum atomic E-state index is -0.493. The number of methoxy groups -OCH3 is 1.